The highest BCUT2D eigenvalue weighted by atomic mass is 79.9. The van der Waals surface area contributed by atoms with E-state index in [0.29, 0.717) is 19.5 Å². The van der Waals surface area contributed by atoms with Crippen molar-refractivity contribution < 1.29 is 13.2 Å². The Hall–Kier alpha value is -0.960. The second-order valence-electron chi connectivity index (χ2n) is 7.86. The summed E-state index contributed by atoms with van der Waals surface area (Å²) in [5.74, 6) is -0.365. The predicted octanol–water partition coefficient (Wildman–Crippen LogP) is 3.29. The maximum atomic E-state index is 13.1. The molecule has 1 atom stereocenters. The molecule has 1 aromatic carbocycles. The van der Waals surface area contributed by atoms with Gasteiger partial charge in [0.1, 0.15) is 0 Å². The number of rotatable bonds is 6. The van der Waals surface area contributed by atoms with Gasteiger partial charge in [-0.3, -0.25) is 4.79 Å². The molecule has 1 saturated heterocycles. The van der Waals surface area contributed by atoms with Crippen LogP contribution in [0.25, 0.3) is 0 Å². The van der Waals surface area contributed by atoms with Crippen LogP contribution in [0.4, 0.5) is 0 Å². The lowest BCUT2D eigenvalue weighted by Crippen LogP contribution is -2.52. The number of hydrogen-bond acceptors (Lipinski definition) is 3. The third-order valence-electron chi connectivity index (χ3n) is 5.89. The van der Waals surface area contributed by atoms with Crippen LogP contribution in [-0.2, 0) is 21.5 Å². The van der Waals surface area contributed by atoms with Gasteiger partial charge in [0.15, 0.2) is 0 Å². The number of carbonyl (C=O) groups is 1. The van der Waals surface area contributed by atoms with Crippen LogP contribution in [0.3, 0.4) is 0 Å². The summed E-state index contributed by atoms with van der Waals surface area (Å²) < 4.78 is 30.2. The van der Waals surface area contributed by atoms with Gasteiger partial charge >= 0.3 is 0 Å². The lowest BCUT2D eigenvalue weighted by Gasteiger charge is -2.37. The number of carbonyl (C=O) groups excluding carboxylic acids is 1. The zero-order valence-electron chi connectivity index (χ0n) is 16.4. The van der Waals surface area contributed by atoms with Crippen molar-refractivity contribution in [2.45, 2.75) is 57.5 Å². The highest BCUT2D eigenvalue weighted by molar-refractivity contribution is 9.10. The van der Waals surface area contributed by atoms with Gasteiger partial charge in [-0.05, 0) is 43.4 Å². The normalized spacial score (nSPS) is 22.3. The molecule has 156 valence electrons. The minimum Gasteiger partial charge on any atom is -0.352 e. The topological polar surface area (TPSA) is 69.7 Å². The first-order valence-electron chi connectivity index (χ1n) is 10.1. The van der Waals surface area contributed by atoms with Crippen LogP contribution in [0.5, 0.6) is 0 Å². The Morgan fingerprint density at radius 1 is 1.21 bits per heavy atom. The number of hydrogen-bond donors (Lipinski definition) is 1. The molecule has 2 aliphatic rings. The van der Waals surface area contributed by atoms with Gasteiger partial charge in [-0.25, -0.2) is 0 Å². The summed E-state index contributed by atoms with van der Waals surface area (Å²) in [6.07, 6.45) is 6.67. The Morgan fingerprint density at radius 3 is 2.68 bits per heavy atom. The molecule has 1 N–H and O–H groups in total. The number of amides is 1. The van der Waals surface area contributed by atoms with Crippen LogP contribution < -0.4 is 5.32 Å². The largest absolute Gasteiger partial charge is 0.352 e. The highest BCUT2D eigenvalue weighted by Gasteiger charge is 2.37. The van der Waals surface area contributed by atoms with Crippen LogP contribution in [0.1, 0.15) is 50.5 Å². The summed E-state index contributed by atoms with van der Waals surface area (Å²) >= 11 is 3.43. The van der Waals surface area contributed by atoms with Gasteiger partial charge in [0.05, 0.1) is 5.92 Å². The van der Waals surface area contributed by atoms with E-state index in [0.717, 1.165) is 42.1 Å². The van der Waals surface area contributed by atoms with E-state index in [2.05, 4.69) is 21.2 Å². The van der Waals surface area contributed by atoms with E-state index < -0.39 is 10.2 Å². The monoisotopic (exact) mass is 471 g/mol. The van der Waals surface area contributed by atoms with Gasteiger partial charge in [0, 0.05) is 37.2 Å². The fourth-order valence-corrected chi connectivity index (χ4v) is 6.29. The fraction of sp³-hybridized carbons (Fsp3) is 0.650. The molecule has 1 amide bonds. The Kier molecular flexibility index (Phi) is 7.53. The number of piperidine rings is 1. The van der Waals surface area contributed by atoms with Gasteiger partial charge in [0.25, 0.3) is 10.2 Å². The molecule has 28 heavy (non-hydrogen) atoms. The number of benzene rings is 1. The van der Waals surface area contributed by atoms with Gasteiger partial charge in [-0.15, -0.1) is 0 Å². The Bertz CT molecular complexity index is 781. The first kappa shape index (κ1) is 21.7. The van der Waals surface area contributed by atoms with Gasteiger partial charge in [0.2, 0.25) is 5.91 Å². The maximum absolute atomic E-state index is 13.1. The third-order valence-corrected chi connectivity index (χ3v) is 8.39. The van der Waals surface area contributed by atoms with Gasteiger partial charge < -0.3 is 5.32 Å². The van der Waals surface area contributed by atoms with Crippen molar-refractivity contribution in [2.24, 2.45) is 5.92 Å². The van der Waals surface area contributed by atoms with Crippen LogP contribution in [0.2, 0.25) is 0 Å². The molecule has 2 fully saturated rings. The molecule has 1 heterocycles. The smallest absolute Gasteiger partial charge is 0.281 e. The number of nitrogens with one attached hydrogen (secondary N) is 1. The summed E-state index contributed by atoms with van der Waals surface area (Å²) in [7, 11) is -1.82. The van der Waals surface area contributed by atoms with Crippen molar-refractivity contribution in [2.75, 3.05) is 20.1 Å². The predicted molar refractivity (Wildman–Crippen MR) is 114 cm³/mol. The molecule has 0 radical (unpaired) electrons. The number of nitrogens with zero attached hydrogens (tertiary/aromatic N) is 2. The zero-order chi connectivity index (χ0) is 20.1. The van der Waals surface area contributed by atoms with Crippen molar-refractivity contribution in [3.63, 3.8) is 0 Å². The minimum atomic E-state index is -3.52. The van der Waals surface area contributed by atoms with Crippen LogP contribution >= 0.6 is 15.9 Å². The van der Waals surface area contributed by atoms with Crippen molar-refractivity contribution in [1.29, 1.82) is 0 Å². The summed E-state index contributed by atoms with van der Waals surface area (Å²) in [6.45, 7) is 1.21. The second-order valence-corrected chi connectivity index (χ2v) is 10.8. The molecule has 8 heteroatoms. The molecule has 1 aromatic rings. The fourth-order valence-electron chi connectivity index (χ4n) is 4.16. The average molecular weight is 472 g/mol. The van der Waals surface area contributed by atoms with Crippen LogP contribution in [0, 0.1) is 5.92 Å². The second kappa shape index (κ2) is 9.69. The summed E-state index contributed by atoms with van der Waals surface area (Å²) in [5.41, 5.74) is 1.01. The lowest BCUT2D eigenvalue weighted by molar-refractivity contribution is -0.126. The summed E-state index contributed by atoms with van der Waals surface area (Å²) in [4.78, 5) is 12.6. The summed E-state index contributed by atoms with van der Waals surface area (Å²) in [6, 6.07) is 7.89. The molecule has 0 spiro atoms. The van der Waals surface area contributed by atoms with E-state index in [1.807, 2.05) is 24.3 Å². The van der Waals surface area contributed by atoms with Crippen molar-refractivity contribution >= 4 is 32.0 Å². The van der Waals surface area contributed by atoms with E-state index in [4.69, 9.17) is 0 Å². The molecule has 6 nitrogen and oxygen atoms in total. The van der Waals surface area contributed by atoms with E-state index in [-0.39, 0.29) is 24.4 Å². The first-order valence-corrected chi connectivity index (χ1v) is 12.3. The van der Waals surface area contributed by atoms with Crippen LogP contribution in [0.15, 0.2) is 28.7 Å². The third kappa shape index (κ3) is 5.34. The van der Waals surface area contributed by atoms with E-state index in [1.54, 1.807) is 11.4 Å². The van der Waals surface area contributed by atoms with Crippen molar-refractivity contribution in [3.05, 3.63) is 34.3 Å². The molecule has 0 bridgehead atoms. The first-order chi connectivity index (χ1) is 13.4. The van der Waals surface area contributed by atoms with E-state index in [9.17, 15) is 13.2 Å². The van der Waals surface area contributed by atoms with Crippen molar-refractivity contribution in [1.82, 2.24) is 13.9 Å². The van der Waals surface area contributed by atoms with Crippen LogP contribution in [-0.4, -0.2) is 49.1 Å². The maximum Gasteiger partial charge on any atom is 0.281 e. The van der Waals surface area contributed by atoms with Gasteiger partial charge in [-0.2, -0.15) is 17.0 Å². The average Bonchev–Trinajstić information content (AvgIpc) is 2.72. The Balaban J connectivity index is 1.58. The Labute approximate surface area is 177 Å². The molecule has 0 unspecified atom stereocenters. The Morgan fingerprint density at radius 2 is 1.96 bits per heavy atom. The lowest BCUT2D eigenvalue weighted by atomic mass is 9.96. The van der Waals surface area contributed by atoms with E-state index >= 15 is 0 Å². The zero-order valence-corrected chi connectivity index (χ0v) is 18.8. The number of halogens is 1. The molecular formula is C20H30BrN3O3S. The standard InChI is InChI=1S/C20H30BrN3O3S/c1-23(19-10-3-2-4-11-19)28(26,27)24-12-6-8-17(15-24)20(25)22-14-16-7-5-9-18(21)13-16/h5,7,9,13,17,19H,2-4,6,8,10-12,14-15H2,1H3,(H,22,25)/t17-/m1/s1. The molecular weight excluding hydrogens is 442 g/mol. The van der Waals surface area contributed by atoms with Gasteiger partial charge in [-0.1, -0.05) is 47.3 Å². The summed E-state index contributed by atoms with van der Waals surface area (Å²) in [5, 5.41) is 2.97. The van der Waals surface area contributed by atoms with E-state index in [1.165, 1.54) is 10.7 Å². The molecule has 0 aromatic heterocycles. The molecule has 3 rings (SSSR count). The molecule has 1 saturated carbocycles. The quantitative estimate of drug-likeness (QED) is 0.691. The molecule has 1 aliphatic carbocycles. The highest BCUT2D eigenvalue weighted by Crippen LogP contribution is 2.27. The SMILES string of the molecule is CN(C1CCCCC1)S(=O)(=O)N1CCC[C@@H](C(=O)NCc2cccc(Br)c2)C1. The van der Waals surface area contributed by atoms with Crippen molar-refractivity contribution in [3.8, 4) is 0 Å². The minimum absolute atomic E-state index is 0.0693. The molecule has 1 aliphatic heterocycles.